The van der Waals surface area contributed by atoms with Crippen molar-refractivity contribution in [3.63, 3.8) is 0 Å². The van der Waals surface area contributed by atoms with Crippen molar-refractivity contribution in [2.45, 2.75) is 113 Å². The standard InChI is InChI=1S/C8H18N2.C8H17N.C6H13N.2CH4/c1-8(2)10-6-4-9(3)5-7-10;1-8(2)9-6-4-3-5-7-9;1-5(2)7-6-3-4-6;;/h8H,4-7H2,1-3H3;8H,3-7H2,1-2H3;5-7H,3-4H2,1-2H3;2*1H4. The van der Waals surface area contributed by atoms with Crippen LogP contribution >= 0.6 is 0 Å². The SMILES string of the molecule is C.C.CC(C)N1CCCCC1.CC(C)N1CCN(C)CC1.CC(C)NC1CC1. The van der Waals surface area contributed by atoms with Gasteiger partial charge in [-0.1, -0.05) is 35.1 Å². The van der Waals surface area contributed by atoms with Crippen LogP contribution in [-0.4, -0.2) is 85.2 Å². The van der Waals surface area contributed by atoms with E-state index in [1.807, 2.05) is 0 Å². The van der Waals surface area contributed by atoms with Crippen LogP contribution in [0.5, 0.6) is 0 Å². The molecule has 28 heavy (non-hydrogen) atoms. The summed E-state index contributed by atoms with van der Waals surface area (Å²) in [7, 11) is 2.19. The van der Waals surface area contributed by atoms with Crippen LogP contribution in [0.2, 0.25) is 0 Å². The van der Waals surface area contributed by atoms with E-state index in [2.05, 4.69) is 68.6 Å². The maximum Gasteiger partial charge on any atom is 0.0112 e. The quantitative estimate of drug-likeness (QED) is 0.721. The third-order valence-electron chi connectivity index (χ3n) is 5.54. The van der Waals surface area contributed by atoms with Crippen LogP contribution in [0, 0.1) is 0 Å². The minimum atomic E-state index is 0. The first-order valence-electron chi connectivity index (χ1n) is 11.2. The summed E-state index contributed by atoms with van der Waals surface area (Å²) in [5.41, 5.74) is 0. The average molecular weight is 401 g/mol. The Kier molecular flexibility index (Phi) is 17.8. The lowest BCUT2D eigenvalue weighted by molar-refractivity contribution is 0.126. The number of likely N-dealkylation sites (N-methyl/N-ethyl adjacent to an activating group) is 1. The predicted molar refractivity (Wildman–Crippen MR) is 130 cm³/mol. The zero-order valence-corrected chi connectivity index (χ0v) is 18.9. The van der Waals surface area contributed by atoms with E-state index < -0.39 is 0 Å². The molecule has 2 heterocycles. The molecule has 4 nitrogen and oxygen atoms in total. The molecule has 0 aromatic carbocycles. The maximum absolute atomic E-state index is 3.42. The van der Waals surface area contributed by atoms with Crippen LogP contribution in [0.25, 0.3) is 0 Å². The molecule has 3 rings (SSSR count). The lowest BCUT2D eigenvalue weighted by Gasteiger charge is -2.34. The maximum atomic E-state index is 3.42. The topological polar surface area (TPSA) is 21.8 Å². The molecule has 0 unspecified atom stereocenters. The summed E-state index contributed by atoms with van der Waals surface area (Å²) >= 11 is 0. The summed E-state index contributed by atoms with van der Waals surface area (Å²) in [5.74, 6) is 0. The zero-order valence-electron chi connectivity index (χ0n) is 18.9. The molecule has 4 heteroatoms. The highest BCUT2D eigenvalue weighted by atomic mass is 15.3. The molecule has 2 aliphatic heterocycles. The van der Waals surface area contributed by atoms with Gasteiger partial charge in [0, 0.05) is 50.3 Å². The van der Waals surface area contributed by atoms with Gasteiger partial charge in [-0.05, 0) is 73.5 Å². The van der Waals surface area contributed by atoms with Gasteiger partial charge in [-0.2, -0.15) is 0 Å². The minimum Gasteiger partial charge on any atom is -0.312 e. The van der Waals surface area contributed by atoms with Crippen LogP contribution < -0.4 is 5.32 Å². The van der Waals surface area contributed by atoms with Gasteiger partial charge in [0.05, 0.1) is 0 Å². The van der Waals surface area contributed by atoms with E-state index in [4.69, 9.17) is 0 Å². The second-order valence-corrected chi connectivity index (χ2v) is 9.22. The van der Waals surface area contributed by atoms with Crippen molar-refractivity contribution in [2.75, 3.05) is 46.3 Å². The molecule has 1 N–H and O–H groups in total. The highest BCUT2D eigenvalue weighted by molar-refractivity contribution is 4.81. The molecule has 2 saturated heterocycles. The first-order chi connectivity index (χ1) is 12.3. The summed E-state index contributed by atoms with van der Waals surface area (Å²) in [5, 5.41) is 3.42. The van der Waals surface area contributed by atoms with Crippen LogP contribution in [0.3, 0.4) is 0 Å². The fraction of sp³-hybridized carbons (Fsp3) is 1.00. The molecule has 3 fully saturated rings. The zero-order chi connectivity index (χ0) is 19.5. The first kappa shape index (κ1) is 30.0. The Morgan fingerprint density at radius 2 is 1.07 bits per heavy atom. The largest absolute Gasteiger partial charge is 0.312 e. The second kappa shape index (κ2) is 16.6. The normalized spacial score (nSPS) is 21.2. The van der Waals surface area contributed by atoms with Gasteiger partial charge < -0.3 is 15.1 Å². The van der Waals surface area contributed by atoms with Crippen molar-refractivity contribution in [1.29, 1.82) is 0 Å². The summed E-state index contributed by atoms with van der Waals surface area (Å²) in [6, 6.07) is 3.06. The highest BCUT2D eigenvalue weighted by Gasteiger charge is 2.20. The van der Waals surface area contributed by atoms with Crippen molar-refractivity contribution in [2.24, 2.45) is 0 Å². The lowest BCUT2D eigenvalue weighted by atomic mass is 10.1. The van der Waals surface area contributed by atoms with Crippen molar-refractivity contribution in [3.8, 4) is 0 Å². The number of likely N-dealkylation sites (tertiary alicyclic amines) is 1. The number of hydrogen-bond donors (Lipinski definition) is 1. The molecule has 0 aromatic heterocycles. The van der Waals surface area contributed by atoms with Crippen molar-refractivity contribution < 1.29 is 0 Å². The lowest BCUT2D eigenvalue weighted by Crippen LogP contribution is -2.47. The van der Waals surface area contributed by atoms with E-state index in [0.717, 1.165) is 18.1 Å². The summed E-state index contributed by atoms with van der Waals surface area (Å²) in [4.78, 5) is 7.47. The molecular weight excluding hydrogens is 344 g/mol. The van der Waals surface area contributed by atoms with Gasteiger partial charge in [0.25, 0.3) is 0 Å². The molecule has 1 saturated carbocycles. The predicted octanol–water partition coefficient (Wildman–Crippen LogP) is 4.94. The first-order valence-corrected chi connectivity index (χ1v) is 11.2. The minimum absolute atomic E-state index is 0. The fourth-order valence-corrected chi connectivity index (χ4v) is 3.49. The van der Waals surface area contributed by atoms with Crippen LogP contribution in [0.4, 0.5) is 0 Å². The van der Waals surface area contributed by atoms with Gasteiger partial charge in [0.2, 0.25) is 0 Å². The Morgan fingerprint density at radius 3 is 1.36 bits per heavy atom. The molecule has 0 atom stereocenters. The number of piperidine rings is 1. The summed E-state index contributed by atoms with van der Waals surface area (Å²) in [6.07, 6.45) is 7.08. The Hall–Kier alpha value is -0.160. The van der Waals surface area contributed by atoms with Crippen LogP contribution in [-0.2, 0) is 0 Å². The molecule has 3 aliphatic rings. The number of piperazine rings is 1. The Morgan fingerprint density at radius 1 is 0.643 bits per heavy atom. The second-order valence-electron chi connectivity index (χ2n) is 9.22. The highest BCUT2D eigenvalue weighted by Crippen LogP contribution is 2.18. The Bertz CT molecular complexity index is 325. The molecule has 1 aliphatic carbocycles. The third-order valence-corrected chi connectivity index (χ3v) is 5.54. The van der Waals surface area contributed by atoms with Crippen molar-refractivity contribution in [1.82, 2.24) is 20.0 Å². The number of nitrogens with zero attached hydrogens (tertiary/aromatic N) is 3. The van der Waals surface area contributed by atoms with E-state index >= 15 is 0 Å². The summed E-state index contributed by atoms with van der Waals surface area (Å²) in [6.45, 7) is 21.1. The number of hydrogen-bond acceptors (Lipinski definition) is 4. The van der Waals surface area contributed by atoms with Crippen molar-refractivity contribution in [3.05, 3.63) is 0 Å². The van der Waals surface area contributed by atoms with Gasteiger partial charge in [0.1, 0.15) is 0 Å². The molecular formula is C24H56N4. The summed E-state index contributed by atoms with van der Waals surface area (Å²) < 4.78 is 0. The smallest absolute Gasteiger partial charge is 0.0112 e. The number of rotatable bonds is 4. The molecule has 172 valence electrons. The molecule has 0 aromatic rings. The van der Waals surface area contributed by atoms with Gasteiger partial charge in [0.15, 0.2) is 0 Å². The van der Waals surface area contributed by atoms with Crippen LogP contribution in [0.1, 0.15) is 88.5 Å². The van der Waals surface area contributed by atoms with E-state index in [-0.39, 0.29) is 14.9 Å². The van der Waals surface area contributed by atoms with Crippen molar-refractivity contribution >= 4 is 0 Å². The number of nitrogens with one attached hydrogen (secondary N) is 1. The van der Waals surface area contributed by atoms with E-state index in [0.29, 0.717) is 6.04 Å². The third kappa shape index (κ3) is 14.8. The molecule has 0 bridgehead atoms. The monoisotopic (exact) mass is 400 g/mol. The average Bonchev–Trinajstić information content (AvgIpc) is 3.40. The fourth-order valence-electron chi connectivity index (χ4n) is 3.49. The van der Waals surface area contributed by atoms with Gasteiger partial charge >= 0.3 is 0 Å². The van der Waals surface area contributed by atoms with Crippen LogP contribution in [0.15, 0.2) is 0 Å². The van der Waals surface area contributed by atoms with Gasteiger partial charge in [-0.3, -0.25) is 4.90 Å². The Labute approximate surface area is 179 Å². The van der Waals surface area contributed by atoms with Gasteiger partial charge in [-0.15, -0.1) is 0 Å². The molecule has 0 radical (unpaired) electrons. The molecule has 0 spiro atoms. The van der Waals surface area contributed by atoms with E-state index in [9.17, 15) is 0 Å². The van der Waals surface area contributed by atoms with E-state index in [1.165, 1.54) is 71.4 Å². The Balaban J connectivity index is 0. The van der Waals surface area contributed by atoms with E-state index in [1.54, 1.807) is 0 Å². The molecule has 0 amide bonds. The van der Waals surface area contributed by atoms with Gasteiger partial charge in [-0.25, -0.2) is 0 Å².